The minimum atomic E-state index is -0.377. The van der Waals surface area contributed by atoms with Crippen molar-refractivity contribution >= 4 is 16.8 Å². The van der Waals surface area contributed by atoms with E-state index in [1.807, 2.05) is 104 Å². The van der Waals surface area contributed by atoms with Gasteiger partial charge in [0.2, 0.25) is 0 Å². The van der Waals surface area contributed by atoms with Crippen LogP contribution in [0.15, 0.2) is 77.0 Å². The van der Waals surface area contributed by atoms with E-state index in [0.717, 1.165) is 40.7 Å². The van der Waals surface area contributed by atoms with Crippen molar-refractivity contribution in [2.75, 3.05) is 0 Å². The van der Waals surface area contributed by atoms with E-state index in [-0.39, 0.29) is 42.5 Å². The van der Waals surface area contributed by atoms with Crippen molar-refractivity contribution in [1.82, 2.24) is 4.98 Å². The standard InChI is InChI=1S/C21H16NO2.C13H24O2.Ir/c1-14-10-15(2)12-18(11-14)23-21-20-17(8-9-22-21)13-19(24-20)16-6-4-3-5-7-16;1-7-12(3,4)10(14)9-11(15)13(5,6)8-2;/h3-11,13H,1-2H3;9,14H,7-8H2,1-6H3;/q-1;;/b;10-9-;. The van der Waals surface area contributed by atoms with E-state index >= 15 is 0 Å². The van der Waals surface area contributed by atoms with Crippen LogP contribution in [-0.2, 0) is 24.9 Å². The molecule has 2 heterocycles. The van der Waals surface area contributed by atoms with Crippen LogP contribution < -0.4 is 4.74 Å². The molecule has 4 rings (SSSR count). The monoisotopic (exact) mass is 719 g/mol. The van der Waals surface area contributed by atoms with Crippen molar-refractivity contribution in [3.05, 3.63) is 89.8 Å². The fourth-order valence-corrected chi connectivity index (χ4v) is 3.64. The number of fused-ring (bicyclic) bond motifs is 1. The number of aliphatic hydroxyl groups is 1. The van der Waals surface area contributed by atoms with Gasteiger partial charge in [0, 0.05) is 59.9 Å². The Morgan fingerprint density at radius 3 is 2.25 bits per heavy atom. The van der Waals surface area contributed by atoms with Crippen LogP contribution in [0.5, 0.6) is 11.6 Å². The maximum atomic E-state index is 11.8. The van der Waals surface area contributed by atoms with Gasteiger partial charge in [0.15, 0.2) is 11.4 Å². The maximum absolute atomic E-state index is 11.8. The Balaban J connectivity index is 0.000000307. The quantitative estimate of drug-likeness (QED) is 0.112. The topological polar surface area (TPSA) is 72.6 Å². The summed E-state index contributed by atoms with van der Waals surface area (Å²) in [5.41, 5.74) is 3.14. The molecule has 0 unspecified atom stereocenters. The Kier molecular flexibility index (Phi) is 11.5. The number of hydrogen-bond donors (Lipinski definition) is 1. The molecular weight excluding hydrogens is 679 g/mol. The summed E-state index contributed by atoms with van der Waals surface area (Å²) < 4.78 is 12.0. The molecule has 0 fully saturated rings. The van der Waals surface area contributed by atoms with E-state index in [4.69, 9.17) is 9.15 Å². The van der Waals surface area contributed by atoms with Crippen LogP contribution in [-0.4, -0.2) is 15.9 Å². The molecule has 2 aromatic carbocycles. The number of aromatic nitrogens is 1. The van der Waals surface area contributed by atoms with Crippen LogP contribution in [0.25, 0.3) is 22.3 Å². The number of ketones is 1. The minimum Gasteiger partial charge on any atom is -0.512 e. The third-order valence-corrected chi connectivity index (χ3v) is 7.19. The van der Waals surface area contributed by atoms with Gasteiger partial charge in [0.1, 0.15) is 11.5 Å². The Labute approximate surface area is 252 Å². The summed E-state index contributed by atoms with van der Waals surface area (Å²) >= 11 is 0. The molecule has 0 atom stereocenters. The summed E-state index contributed by atoms with van der Waals surface area (Å²) in [6, 6.07) is 21.1. The van der Waals surface area contributed by atoms with E-state index in [1.54, 1.807) is 6.20 Å². The number of allylic oxidation sites excluding steroid dienone is 2. The minimum absolute atomic E-state index is 0. The molecule has 40 heavy (non-hydrogen) atoms. The van der Waals surface area contributed by atoms with Gasteiger partial charge in [-0.05, 0) is 25.0 Å². The van der Waals surface area contributed by atoms with Gasteiger partial charge in [-0.2, -0.15) is 17.2 Å². The number of aliphatic hydroxyl groups excluding tert-OH is 1. The van der Waals surface area contributed by atoms with Gasteiger partial charge in [0.05, 0.1) is 0 Å². The van der Waals surface area contributed by atoms with E-state index in [1.165, 1.54) is 6.08 Å². The summed E-state index contributed by atoms with van der Waals surface area (Å²) in [4.78, 5) is 16.2. The molecule has 0 amide bonds. The number of benzene rings is 2. The molecular formula is C34H40IrNO4-. The summed E-state index contributed by atoms with van der Waals surface area (Å²) in [7, 11) is 0. The zero-order chi connectivity index (χ0) is 28.8. The summed E-state index contributed by atoms with van der Waals surface area (Å²) in [6.07, 6.45) is 4.72. The van der Waals surface area contributed by atoms with E-state index in [2.05, 4.69) is 17.1 Å². The van der Waals surface area contributed by atoms with Gasteiger partial charge in [-0.1, -0.05) is 85.7 Å². The normalized spacial score (nSPS) is 11.8. The molecule has 0 spiro atoms. The van der Waals surface area contributed by atoms with Gasteiger partial charge in [-0.3, -0.25) is 4.79 Å². The molecule has 4 aromatic rings. The number of rotatable bonds is 8. The first-order valence-corrected chi connectivity index (χ1v) is 13.4. The first kappa shape index (κ1) is 33.0. The predicted octanol–water partition coefficient (Wildman–Crippen LogP) is 9.57. The van der Waals surface area contributed by atoms with Crippen molar-refractivity contribution in [3.63, 3.8) is 0 Å². The predicted molar refractivity (Wildman–Crippen MR) is 158 cm³/mol. The van der Waals surface area contributed by atoms with Crippen LogP contribution in [0.3, 0.4) is 0 Å². The first-order valence-electron chi connectivity index (χ1n) is 13.4. The van der Waals surface area contributed by atoms with Crippen molar-refractivity contribution < 1.29 is 39.2 Å². The molecule has 215 valence electrons. The zero-order valence-electron chi connectivity index (χ0n) is 24.7. The molecule has 0 bridgehead atoms. The van der Waals surface area contributed by atoms with E-state index in [9.17, 15) is 9.90 Å². The van der Waals surface area contributed by atoms with Crippen LogP contribution in [0, 0.1) is 30.7 Å². The van der Waals surface area contributed by atoms with Crippen LogP contribution in [0.1, 0.15) is 65.5 Å². The van der Waals surface area contributed by atoms with Crippen molar-refractivity contribution in [2.24, 2.45) is 10.8 Å². The number of carbonyl (C=O) groups excluding carboxylic acids is 1. The number of furan rings is 1. The first-order chi connectivity index (χ1) is 18.4. The number of ether oxygens (including phenoxy) is 1. The Morgan fingerprint density at radius 1 is 1.00 bits per heavy atom. The smallest absolute Gasteiger partial charge is 0.261 e. The molecule has 1 radical (unpaired) electrons. The molecule has 5 nitrogen and oxygen atoms in total. The van der Waals surface area contributed by atoms with E-state index < -0.39 is 0 Å². The number of hydrogen-bond acceptors (Lipinski definition) is 5. The second-order valence-electron chi connectivity index (χ2n) is 11.2. The molecule has 2 aromatic heterocycles. The van der Waals surface area contributed by atoms with Crippen LogP contribution >= 0.6 is 0 Å². The number of nitrogens with zero attached hydrogens (tertiary/aromatic N) is 1. The second-order valence-corrected chi connectivity index (χ2v) is 11.2. The van der Waals surface area contributed by atoms with Gasteiger partial charge in [0.25, 0.3) is 5.88 Å². The average molecular weight is 719 g/mol. The maximum Gasteiger partial charge on any atom is 0.261 e. The molecule has 0 aliphatic rings. The number of aryl methyl sites for hydroxylation is 2. The fraction of sp³-hybridized carbons (Fsp3) is 0.353. The van der Waals surface area contributed by atoms with Crippen LogP contribution in [0.4, 0.5) is 0 Å². The summed E-state index contributed by atoms with van der Waals surface area (Å²) in [5.74, 6) is 2.09. The van der Waals surface area contributed by atoms with Gasteiger partial charge in [-0.25, -0.2) is 4.98 Å². The number of pyridine rings is 1. The number of carbonyl (C=O) groups is 1. The van der Waals surface area contributed by atoms with Crippen LogP contribution in [0.2, 0.25) is 0 Å². The van der Waals surface area contributed by atoms with E-state index in [0.29, 0.717) is 17.2 Å². The Bertz CT molecular complexity index is 1430. The summed E-state index contributed by atoms with van der Waals surface area (Å²) in [5, 5.41) is 10.8. The van der Waals surface area contributed by atoms with Gasteiger partial charge in [-0.15, -0.1) is 12.1 Å². The molecule has 0 aliphatic heterocycles. The molecule has 1 N–H and O–H groups in total. The van der Waals surface area contributed by atoms with Gasteiger partial charge < -0.3 is 14.3 Å². The molecule has 0 saturated carbocycles. The third-order valence-electron chi connectivity index (χ3n) is 7.19. The average Bonchev–Trinajstić information content (AvgIpc) is 3.34. The van der Waals surface area contributed by atoms with Crippen molar-refractivity contribution in [1.29, 1.82) is 0 Å². The summed E-state index contributed by atoms with van der Waals surface area (Å²) in [6.45, 7) is 15.7. The second kappa shape index (κ2) is 13.9. The zero-order valence-corrected chi connectivity index (χ0v) is 27.1. The fourth-order valence-electron chi connectivity index (χ4n) is 3.64. The van der Waals surface area contributed by atoms with Gasteiger partial charge >= 0.3 is 0 Å². The molecule has 0 aliphatic carbocycles. The Morgan fingerprint density at radius 2 is 1.65 bits per heavy atom. The van der Waals surface area contributed by atoms with Crippen molar-refractivity contribution in [3.8, 4) is 23.0 Å². The Hall–Kier alpha value is -3.21. The largest absolute Gasteiger partial charge is 0.512 e. The molecule has 6 heteroatoms. The third kappa shape index (κ3) is 8.39. The molecule has 0 saturated heterocycles. The SMILES string of the molecule is CCC(C)(C)C(=O)/C=C(\O)C(C)(C)CC.Cc1[c-]c(Oc2nccc3cc(-c4ccccc4)oc23)cc(C)c1.[Ir]. The van der Waals surface area contributed by atoms with Crippen molar-refractivity contribution in [2.45, 2.75) is 68.2 Å².